The molecule has 0 atom stereocenters. The molecule has 1 aliphatic heterocycles. The summed E-state index contributed by atoms with van der Waals surface area (Å²) in [6.45, 7) is 7.22. The Labute approximate surface area is 141 Å². The Balaban J connectivity index is 1.95. The first-order valence-electron chi connectivity index (χ1n) is 8.10. The highest BCUT2D eigenvalue weighted by Crippen LogP contribution is 2.36. The van der Waals surface area contributed by atoms with Gasteiger partial charge in [0.15, 0.2) is 6.61 Å². The van der Waals surface area contributed by atoms with Gasteiger partial charge in [-0.2, -0.15) is 0 Å². The molecule has 23 heavy (non-hydrogen) atoms. The first kappa shape index (κ1) is 16.0. The molecular weight excluding hydrogens is 308 g/mol. The average molecular weight is 330 g/mol. The third-order valence-electron chi connectivity index (χ3n) is 3.76. The van der Waals surface area contributed by atoms with Crippen LogP contribution in [0.4, 0.5) is 5.69 Å². The van der Waals surface area contributed by atoms with Crippen LogP contribution < -0.4 is 9.64 Å². The van der Waals surface area contributed by atoms with Crippen molar-refractivity contribution >= 4 is 22.9 Å². The molecule has 2 aromatic rings. The van der Waals surface area contributed by atoms with Gasteiger partial charge in [0.25, 0.3) is 5.91 Å². The second-order valence-corrected chi connectivity index (χ2v) is 7.19. The fourth-order valence-electron chi connectivity index (χ4n) is 2.70. The van der Waals surface area contributed by atoms with Gasteiger partial charge in [-0.05, 0) is 37.0 Å². The molecule has 0 unspecified atom stereocenters. The van der Waals surface area contributed by atoms with E-state index in [0.717, 1.165) is 40.5 Å². The van der Waals surface area contributed by atoms with Crippen LogP contribution in [-0.4, -0.2) is 24.0 Å². The van der Waals surface area contributed by atoms with E-state index in [0.29, 0.717) is 12.5 Å². The number of anilines is 1. The Kier molecular flexibility index (Phi) is 4.66. The lowest BCUT2D eigenvalue weighted by atomic mass is 10.1. The zero-order chi connectivity index (χ0) is 16.4. The summed E-state index contributed by atoms with van der Waals surface area (Å²) >= 11 is 1.70. The fraction of sp³-hybridized carbons (Fsp3) is 0.444. The van der Waals surface area contributed by atoms with Crippen molar-refractivity contribution in [2.45, 2.75) is 33.6 Å². The maximum Gasteiger partial charge on any atom is 0.265 e. The highest BCUT2D eigenvalue weighted by atomic mass is 32.1. The van der Waals surface area contributed by atoms with E-state index < -0.39 is 0 Å². The maximum absolute atomic E-state index is 12.2. The maximum atomic E-state index is 12.2. The van der Waals surface area contributed by atoms with Crippen LogP contribution in [0, 0.1) is 5.92 Å². The molecule has 0 saturated heterocycles. The van der Waals surface area contributed by atoms with Gasteiger partial charge < -0.3 is 9.64 Å². The van der Waals surface area contributed by atoms with Crippen LogP contribution in [0.25, 0.3) is 11.3 Å². The molecule has 0 saturated carbocycles. The molecule has 3 rings (SSSR count). The Morgan fingerprint density at radius 1 is 1.39 bits per heavy atom. The van der Waals surface area contributed by atoms with Gasteiger partial charge in [0.1, 0.15) is 5.75 Å². The van der Waals surface area contributed by atoms with Crippen molar-refractivity contribution in [2.75, 3.05) is 18.1 Å². The molecule has 122 valence electrons. The smallest absolute Gasteiger partial charge is 0.265 e. The number of hydrogen-bond donors (Lipinski definition) is 0. The lowest BCUT2D eigenvalue weighted by molar-refractivity contribution is -0.121. The number of carbonyl (C=O) groups excluding carboxylic acids is 1. The average Bonchev–Trinajstić information content (AvgIpc) is 2.98. The number of rotatable bonds is 5. The Hall–Kier alpha value is -1.88. The molecule has 2 heterocycles. The number of benzene rings is 1. The first-order chi connectivity index (χ1) is 11.1. The van der Waals surface area contributed by atoms with Crippen molar-refractivity contribution in [3.8, 4) is 17.0 Å². The highest BCUT2D eigenvalue weighted by molar-refractivity contribution is 7.09. The van der Waals surface area contributed by atoms with Gasteiger partial charge in [-0.1, -0.05) is 20.8 Å². The van der Waals surface area contributed by atoms with Gasteiger partial charge in [-0.3, -0.25) is 4.79 Å². The van der Waals surface area contributed by atoms with Gasteiger partial charge in [0.2, 0.25) is 0 Å². The molecular formula is C18H22N2O2S. The number of ether oxygens (including phenoxy) is 1. The lowest BCUT2D eigenvalue weighted by Crippen LogP contribution is -2.40. The molecule has 0 N–H and O–H groups in total. The predicted octanol–water partition coefficient (Wildman–Crippen LogP) is 4.14. The zero-order valence-corrected chi connectivity index (χ0v) is 14.7. The molecule has 0 bridgehead atoms. The van der Waals surface area contributed by atoms with E-state index in [1.54, 1.807) is 11.3 Å². The van der Waals surface area contributed by atoms with Crippen molar-refractivity contribution < 1.29 is 9.53 Å². The number of fused-ring (bicyclic) bond motifs is 1. The second-order valence-electron chi connectivity index (χ2n) is 6.25. The molecule has 1 aliphatic rings. The van der Waals surface area contributed by atoms with E-state index in [4.69, 9.17) is 9.72 Å². The minimum absolute atomic E-state index is 0.0216. The van der Waals surface area contributed by atoms with Crippen LogP contribution in [0.1, 0.15) is 32.2 Å². The molecule has 0 aliphatic carbocycles. The summed E-state index contributed by atoms with van der Waals surface area (Å²) in [5.41, 5.74) is 2.87. The quantitative estimate of drug-likeness (QED) is 0.827. The van der Waals surface area contributed by atoms with Crippen LogP contribution in [0.5, 0.6) is 5.75 Å². The molecule has 0 fully saturated rings. The third kappa shape index (κ3) is 3.39. The van der Waals surface area contributed by atoms with Gasteiger partial charge in [0.05, 0.1) is 16.4 Å². The number of aryl methyl sites for hydroxylation is 1. The topological polar surface area (TPSA) is 42.4 Å². The number of amides is 1. The van der Waals surface area contributed by atoms with Crippen molar-refractivity contribution in [1.29, 1.82) is 0 Å². The SMILES string of the molecule is CCCc1nc(-c2ccc3c(c2)N(CC(C)C)C(=O)CO3)cs1. The summed E-state index contributed by atoms with van der Waals surface area (Å²) < 4.78 is 5.57. The molecule has 0 spiro atoms. The van der Waals surface area contributed by atoms with Gasteiger partial charge in [-0.15, -0.1) is 11.3 Å². The lowest BCUT2D eigenvalue weighted by Gasteiger charge is -2.31. The minimum Gasteiger partial charge on any atom is -0.482 e. The van der Waals surface area contributed by atoms with Crippen LogP contribution in [0.15, 0.2) is 23.6 Å². The van der Waals surface area contributed by atoms with Crippen molar-refractivity contribution in [2.24, 2.45) is 5.92 Å². The Morgan fingerprint density at radius 3 is 2.96 bits per heavy atom. The molecule has 5 heteroatoms. The molecule has 1 aromatic carbocycles. The number of aromatic nitrogens is 1. The Bertz CT molecular complexity index is 709. The first-order valence-corrected chi connectivity index (χ1v) is 8.98. The fourth-order valence-corrected chi connectivity index (χ4v) is 3.61. The minimum atomic E-state index is 0.0216. The van der Waals surface area contributed by atoms with E-state index >= 15 is 0 Å². The summed E-state index contributed by atoms with van der Waals surface area (Å²) in [6.07, 6.45) is 2.11. The predicted molar refractivity (Wildman–Crippen MR) is 94.2 cm³/mol. The van der Waals surface area contributed by atoms with Gasteiger partial charge >= 0.3 is 0 Å². The van der Waals surface area contributed by atoms with Crippen LogP contribution in [-0.2, 0) is 11.2 Å². The monoisotopic (exact) mass is 330 g/mol. The van der Waals surface area contributed by atoms with E-state index in [1.165, 1.54) is 0 Å². The summed E-state index contributed by atoms with van der Waals surface area (Å²) in [6, 6.07) is 6.00. The number of nitrogens with zero attached hydrogens (tertiary/aromatic N) is 2. The van der Waals surface area contributed by atoms with E-state index in [2.05, 4.69) is 26.2 Å². The third-order valence-corrected chi connectivity index (χ3v) is 4.67. The molecule has 1 amide bonds. The van der Waals surface area contributed by atoms with Crippen molar-refractivity contribution in [3.63, 3.8) is 0 Å². The standard InChI is InChI=1S/C18H22N2O2S/c1-4-5-17-19-14(11-23-17)13-6-7-16-15(8-13)20(9-12(2)3)18(21)10-22-16/h6-8,11-12H,4-5,9-10H2,1-3H3. The van der Waals surface area contributed by atoms with Gasteiger partial charge in [-0.25, -0.2) is 4.98 Å². The van der Waals surface area contributed by atoms with E-state index in [-0.39, 0.29) is 12.5 Å². The van der Waals surface area contributed by atoms with E-state index in [9.17, 15) is 4.79 Å². The van der Waals surface area contributed by atoms with Crippen LogP contribution >= 0.6 is 11.3 Å². The summed E-state index contributed by atoms with van der Waals surface area (Å²) in [5.74, 6) is 1.20. The van der Waals surface area contributed by atoms with Crippen molar-refractivity contribution in [1.82, 2.24) is 4.98 Å². The highest BCUT2D eigenvalue weighted by Gasteiger charge is 2.26. The zero-order valence-electron chi connectivity index (χ0n) is 13.8. The molecule has 1 aromatic heterocycles. The van der Waals surface area contributed by atoms with Crippen LogP contribution in [0.3, 0.4) is 0 Å². The number of carbonyl (C=O) groups is 1. The van der Waals surface area contributed by atoms with Crippen LogP contribution in [0.2, 0.25) is 0 Å². The summed E-state index contributed by atoms with van der Waals surface area (Å²) in [5, 5.41) is 3.25. The van der Waals surface area contributed by atoms with Crippen molar-refractivity contribution in [3.05, 3.63) is 28.6 Å². The summed E-state index contributed by atoms with van der Waals surface area (Å²) in [4.78, 5) is 18.8. The normalized spacial score (nSPS) is 14.1. The number of thiazole rings is 1. The number of hydrogen-bond acceptors (Lipinski definition) is 4. The molecule has 4 nitrogen and oxygen atoms in total. The Morgan fingerprint density at radius 2 is 2.22 bits per heavy atom. The van der Waals surface area contributed by atoms with Gasteiger partial charge in [0, 0.05) is 17.5 Å². The largest absolute Gasteiger partial charge is 0.482 e. The van der Waals surface area contributed by atoms with E-state index in [1.807, 2.05) is 23.1 Å². The molecule has 0 radical (unpaired) electrons. The second kappa shape index (κ2) is 6.71. The summed E-state index contributed by atoms with van der Waals surface area (Å²) in [7, 11) is 0.